The molecule has 2 N–H and O–H groups in total. The van der Waals surface area contributed by atoms with Gasteiger partial charge in [-0.25, -0.2) is 0 Å². The number of likely N-dealkylation sites (tertiary alicyclic amines) is 1. The third-order valence-corrected chi connectivity index (χ3v) is 7.67. The molecule has 3 heterocycles. The summed E-state index contributed by atoms with van der Waals surface area (Å²) >= 11 is 6.28. The van der Waals surface area contributed by atoms with E-state index in [-0.39, 0.29) is 24.3 Å². The Morgan fingerprint density at radius 1 is 1.11 bits per heavy atom. The number of ether oxygens (including phenoxy) is 1. The first-order valence-electron chi connectivity index (χ1n) is 12.5. The van der Waals surface area contributed by atoms with Crippen LogP contribution in [0.1, 0.15) is 41.4 Å². The molecule has 2 aromatic carbocycles. The molecule has 0 spiro atoms. The Morgan fingerprint density at radius 2 is 1.94 bits per heavy atom. The molecule has 8 heteroatoms. The van der Waals surface area contributed by atoms with E-state index in [1.807, 2.05) is 35.0 Å². The fraction of sp³-hybridized carbons (Fsp3) is 0.481. The number of anilines is 1. The van der Waals surface area contributed by atoms with E-state index in [9.17, 15) is 9.59 Å². The number of para-hydroxylation sites is 1. The fourth-order valence-corrected chi connectivity index (χ4v) is 5.78. The number of amides is 2. The lowest BCUT2D eigenvalue weighted by Gasteiger charge is -2.34. The van der Waals surface area contributed by atoms with Crippen LogP contribution >= 0.6 is 11.6 Å². The molecule has 0 aliphatic carbocycles. The van der Waals surface area contributed by atoms with Crippen LogP contribution in [0.4, 0.5) is 5.69 Å². The second kappa shape index (κ2) is 10.5. The standard InChI is InChI=1S/C27H33ClN4O3/c1-29-10-11-30-25(33)17-32-16-23(22-6-5-20(28)15-24(22)32)27(34)31-12-7-18(8-13-31)21-4-2-3-19-9-14-35-26(19)21/h2-6,15,18,23,29H,7-14,16-17H2,1H3,(H,30,33). The maximum atomic E-state index is 13.7. The van der Waals surface area contributed by atoms with Gasteiger partial charge in [0.1, 0.15) is 5.75 Å². The van der Waals surface area contributed by atoms with Crippen molar-refractivity contribution in [1.29, 1.82) is 0 Å². The highest BCUT2D eigenvalue weighted by Gasteiger charge is 2.38. The average Bonchev–Trinajstić information content (AvgIpc) is 3.49. The van der Waals surface area contributed by atoms with E-state index in [4.69, 9.17) is 16.3 Å². The molecule has 3 aliphatic heterocycles. The van der Waals surface area contributed by atoms with Crippen LogP contribution in [0.15, 0.2) is 36.4 Å². The number of nitrogens with one attached hydrogen (secondary N) is 2. The Balaban J connectivity index is 1.25. The number of hydrogen-bond acceptors (Lipinski definition) is 5. The smallest absolute Gasteiger partial charge is 0.239 e. The fourth-order valence-electron chi connectivity index (χ4n) is 5.61. The van der Waals surface area contributed by atoms with Gasteiger partial charge in [-0.05, 0) is 54.6 Å². The van der Waals surface area contributed by atoms with Gasteiger partial charge in [0.15, 0.2) is 0 Å². The molecular formula is C27H33ClN4O3. The molecule has 35 heavy (non-hydrogen) atoms. The first-order chi connectivity index (χ1) is 17.0. The minimum Gasteiger partial charge on any atom is -0.493 e. The number of rotatable bonds is 7. The lowest BCUT2D eigenvalue weighted by Crippen LogP contribution is -2.43. The molecule has 0 aromatic heterocycles. The summed E-state index contributed by atoms with van der Waals surface area (Å²) in [6.07, 6.45) is 2.85. The molecule has 5 rings (SSSR count). The summed E-state index contributed by atoms with van der Waals surface area (Å²) in [6.45, 7) is 4.21. The van der Waals surface area contributed by atoms with E-state index in [2.05, 4.69) is 28.8 Å². The predicted molar refractivity (Wildman–Crippen MR) is 138 cm³/mol. The summed E-state index contributed by atoms with van der Waals surface area (Å²) in [5.41, 5.74) is 4.44. The number of nitrogens with zero attached hydrogens (tertiary/aromatic N) is 2. The quantitative estimate of drug-likeness (QED) is 0.577. The number of fused-ring (bicyclic) bond motifs is 2. The third kappa shape index (κ3) is 4.98. The molecule has 2 amide bonds. The van der Waals surface area contributed by atoms with Crippen LogP contribution < -0.4 is 20.3 Å². The first-order valence-corrected chi connectivity index (χ1v) is 12.9. The summed E-state index contributed by atoms with van der Waals surface area (Å²) in [6, 6.07) is 12.1. The SMILES string of the molecule is CNCCNC(=O)CN1CC(C(=O)N2CCC(c3cccc4c3OCC4)CC2)c2ccc(Cl)cc21. The number of halogens is 1. The van der Waals surface area contributed by atoms with Crippen LogP contribution in [0.2, 0.25) is 5.02 Å². The van der Waals surface area contributed by atoms with Crippen molar-refractivity contribution in [3.05, 3.63) is 58.1 Å². The molecule has 7 nitrogen and oxygen atoms in total. The van der Waals surface area contributed by atoms with E-state index in [0.717, 1.165) is 56.0 Å². The summed E-state index contributed by atoms with van der Waals surface area (Å²) in [4.78, 5) is 30.1. The number of benzene rings is 2. The molecule has 3 aliphatic rings. The van der Waals surface area contributed by atoms with E-state index >= 15 is 0 Å². The lowest BCUT2D eigenvalue weighted by atomic mass is 9.87. The van der Waals surface area contributed by atoms with Gasteiger partial charge in [0, 0.05) is 49.9 Å². The molecule has 0 saturated carbocycles. The molecule has 186 valence electrons. The second-order valence-electron chi connectivity index (χ2n) is 9.62. The molecule has 0 bridgehead atoms. The van der Waals surface area contributed by atoms with Crippen LogP contribution in [0.25, 0.3) is 0 Å². The maximum Gasteiger partial charge on any atom is 0.239 e. The van der Waals surface area contributed by atoms with Crippen molar-refractivity contribution in [2.45, 2.75) is 31.1 Å². The summed E-state index contributed by atoms with van der Waals surface area (Å²) < 4.78 is 5.93. The molecule has 1 fully saturated rings. The van der Waals surface area contributed by atoms with Crippen molar-refractivity contribution in [3.63, 3.8) is 0 Å². The second-order valence-corrected chi connectivity index (χ2v) is 10.1. The summed E-state index contributed by atoms with van der Waals surface area (Å²) in [5.74, 6) is 1.28. The van der Waals surface area contributed by atoms with Gasteiger partial charge in [0.05, 0.1) is 19.1 Å². The maximum absolute atomic E-state index is 13.7. The Morgan fingerprint density at radius 3 is 2.74 bits per heavy atom. The highest BCUT2D eigenvalue weighted by Crippen LogP contribution is 2.41. The minimum atomic E-state index is -0.284. The molecule has 1 atom stereocenters. The average molecular weight is 497 g/mol. The third-order valence-electron chi connectivity index (χ3n) is 7.43. The number of hydrogen-bond donors (Lipinski definition) is 2. The largest absolute Gasteiger partial charge is 0.493 e. The first kappa shape index (κ1) is 23.9. The molecule has 2 aromatic rings. The van der Waals surface area contributed by atoms with Gasteiger partial charge in [-0.2, -0.15) is 0 Å². The van der Waals surface area contributed by atoms with E-state index in [0.29, 0.717) is 30.6 Å². The minimum absolute atomic E-state index is 0.0577. The number of likely N-dealkylation sites (N-methyl/N-ethyl adjacent to an activating group) is 1. The monoisotopic (exact) mass is 496 g/mol. The van der Waals surface area contributed by atoms with E-state index < -0.39 is 0 Å². The van der Waals surface area contributed by atoms with Crippen LogP contribution in [0, 0.1) is 0 Å². The predicted octanol–water partition coefficient (Wildman–Crippen LogP) is 2.92. The van der Waals surface area contributed by atoms with Crippen LogP contribution in [0.3, 0.4) is 0 Å². The van der Waals surface area contributed by atoms with Gasteiger partial charge >= 0.3 is 0 Å². The zero-order valence-electron chi connectivity index (χ0n) is 20.2. The highest BCUT2D eigenvalue weighted by atomic mass is 35.5. The highest BCUT2D eigenvalue weighted by molar-refractivity contribution is 6.31. The zero-order valence-corrected chi connectivity index (χ0v) is 20.9. The van der Waals surface area contributed by atoms with Gasteiger partial charge in [-0.15, -0.1) is 0 Å². The Labute approximate surface area is 211 Å². The molecule has 1 unspecified atom stereocenters. The zero-order chi connectivity index (χ0) is 24.4. The van der Waals surface area contributed by atoms with Crippen molar-refractivity contribution in [2.75, 3.05) is 57.8 Å². The van der Waals surface area contributed by atoms with Crippen molar-refractivity contribution >= 4 is 29.1 Å². The van der Waals surface area contributed by atoms with Crippen molar-refractivity contribution in [3.8, 4) is 5.75 Å². The summed E-state index contributed by atoms with van der Waals surface area (Å²) in [7, 11) is 1.85. The molecular weight excluding hydrogens is 464 g/mol. The van der Waals surface area contributed by atoms with Gasteiger partial charge in [0.2, 0.25) is 11.8 Å². The number of carbonyl (C=O) groups is 2. The number of carbonyl (C=O) groups excluding carboxylic acids is 2. The molecule has 0 radical (unpaired) electrons. The number of piperidine rings is 1. The molecule has 1 saturated heterocycles. The van der Waals surface area contributed by atoms with Crippen LogP contribution in [0.5, 0.6) is 5.75 Å². The summed E-state index contributed by atoms with van der Waals surface area (Å²) in [5, 5.41) is 6.55. The van der Waals surface area contributed by atoms with Gasteiger partial charge < -0.3 is 25.2 Å². The van der Waals surface area contributed by atoms with Crippen molar-refractivity contribution < 1.29 is 14.3 Å². The van der Waals surface area contributed by atoms with Gasteiger partial charge in [-0.1, -0.05) is 35.9 Å². The van der Waals surface area contributed by atoms with Crippen molar-refractivity contribution in [2.24, 2.45) is 0 Å². The van der Waals surface area contributed by atoms with Crippen LogP contribution in [-0.4, -0.2) is 69.6 Å². The normalized spacial score (nSPS) is 19.3. The lowest BCUT2D eigenvalue weighted by molar-refractivity contribution is -0.133. The topological polar surface area (TPSA) is 73.9 Å². The van der Waals surface area contributed by atoms with Gasteiger partial charge in [-0.3, -0.25) is 9.59 Å². The Bertz CT molecular complexity index is 1100. The van der Waals surface area contributed by atoms with Gasteiger partial charge in [0.25, 0.3) is 0 Å². The Hall–Kier alpha value is -2.77. The van der Waals surface area contributed by atoms with E-state index in [1.165, 1.54) is 11.1 Å². The van der Waals surface area contributed by atoms with Crippen molar-refractivity contribution in [1.82, 2.24) is 15.5 Å². The van der Waals surface area contributed by atoms with Crippen LogP contribution in [-0.2, 0) is 16.0 Å². The van der Waals surface area contributed by atoms with E-state index in [1.54, 1.807) is 0 Å². The Kier molecular flexibility index (Phi) is 7.16.